The summed E-state index contributed by atoms with van der Waals surface area (Å²) in [5, 5.41) is 10.4. The minimum absolute atomic E-state index is 0.128. The van der Waals surface area contributed by atoms with Gasteiger partial charge in [-0.05, 0) is 49.4 Å². The van der Waals surface area contributed by atoms with E-state index >= 15 is 0 Å². The van der Waals surface area contributed by atoms with Gasteiger partial charge < -0.3 is 5.11 Å². The summed E-state index contributed by atoms with van der Waals surface area (Å²) >= 11 is 0. The Hall–Kier alpha value is -0.960. The van der Waals surface area contributed by atoms with E-state index in [4.69, 9.17) is 0 Å². The highest BCUT2D eigenvalue weighted by Gasteiger charge is 2.61. The van der Waals surface area contributed by atoms with Gasteiger partial charge in [-0.1, -0.05) is 25.5 Å². The first kappa shape index (κ1) is 15.6. The van der Waals surface area contributed by atoms with Crippen LogP contribution >= 0.6 is 0 Å². The molecule has 4 aliphatic carbocycles. The standard InChI is InChI=1S/C20H28O3/c1-12-9-14(22)10-13-3-4-15-16-5-6-18(23)19(16,2)8-7-17(15)20(12,13)11-21/h3,12,15-17,21H,4-11H2,1-2H3/t12?,15-,16-,17+,19-,20-/m0/s1. The molecule has 23 heavy (non-hydrogen) atoms. The second kappa shape index (κ2) is 5.02. The van der Waals surface area contributed by atoms with E-state index < -0.39 is 0 Å². The number of hydrogen-bond acceptors (Lipinski definition) is 3. The Morgan fingerprint density at radius 2 is 2.04 bits per heavy atom. The fourth-order valence-electron chi connectivity index (χ4n) is 6.83. The number of ketones is 2. The number of rotatable bonds is 1. The number of aliphatic hydroxyl groups excluding tert-OH is 1. The van der Waals surface area contributed by atoms with Crippen molar-refractivity contribution >= 4 is 11.6 Å². The minimum atomic E-state index is -0.205. The zero-order valence-electron chi connectivity index (χ0n) is 14.3. The number of hydrogen-bond donors (Lipinski definition) is 1. The van der Waals surface area contributed by atoms with Crippen LogP contribution in [0.1, 0.15) is 58.8 Å². The van der Waals surface area contributed by atoms with Crippen LogP contribution in [0.15, 0.2) is 11.6 Å². The summed E-state index contributed by atoms with van der Waals surface area (Å²) in [5.74, 6) is 2.42. The molecule has 0 spiro atoms. The largest absolute Gasteiger partial charge is 0.395 e. The molecule has 0 aromatic rings. The molecule has 126 valence electrons. The Labute approximate surface area is 138 Å². The van der Waals surface area contributed by atoms with Gasteiger partial charge in [-0.25, -0.2) is 0 Å². The Bertz CT molecular complexity index is 592. The van der Waals surface area contributed by atoms with Crippen LogP contribution in [0.25, 0.3) is 0 Å². The SMILES string of the molecule is CC1CC(=O)CC2=CC[C@@H]3[C@@H](CC[C@]4(C)C(=O)CC[C@@H]34)[C@]21CO. The van der Waals surface area contributed by atoms with Gasteiger partial charge in [0.1, 0.15) is 11.6 Å². The van der Waals surface area contributed by atoms with Gasteiger partial charge in [0.25, 0.3) is 0 Å². The van der Waals surface area contributed by atoms with E-state index in [1.807, 2.05) is 0 Å². The topological polar surface area (TPSA) is 54.4 Å². The molecule has 1 unspecified atom stereocenters. The second-order valence-electron chi connectivity index (χ2n) is 8.78. The summed E-state index contributed by atoms with van der Waals surface area (Å²) in [5.41, 5.74) is 0.874. The van der Waals surface area contributed by atoms with Crippen molar-refractivity contribution in [3.05, 3.63) is 11.6 Å². The van der Waals surface area contributed by atoms with Crippen molar-refractivity contribution in [3.8, 4) is 0 Å². The molecule has 4 rings (SSSR count). The average Bonchev–Trinajstić information content (AvgIpc) is 2.82. The van der Waals surface area contributed by atoms with Crippen molar-refractivity contribution in [2.75, 3.05) is 6.61 Å². The highest BCUT2D eigenvalue weighted by atomic mass is 16.3. The van der Waals surface area contributed by atoms with E-state index in [0.29, 0.717) is 42.2 Å². The number of aliphatic hydroxyl groups is 1. The van der Waals surface area contributed by atoms with Gasteiger partial charge in [0.15, 0.2) is 0 Å². The fourth-order valence-corrected chi connectivity index (χ4v) is 6.83. The molecule has 0 saturated heterocycles. The predicted molar refractivity (Wildman–Crippen MR) is 87.7 cm³/mol. The molecule has 0 radical (unpaired) electrons. The monoisotopic (exact) mass is 316 g/mol. The molecule has 0 amide bonds. The maximum absolute atomic E-state index is 12.4. The number of fused-ring (bicyclic) bond motifs is 5. The van der Waals surface area contributed by atoms with E-state index in [2.05, 4.69) is 19.9 Å². The van der Waals surface area contributed by atoms with Gasteiger partial charge in [-0.15, -0.1) is 0 Å². The van der Waals surface area contributed by atoms with E-state index in [9.17, 15) is 14.7 Å². The third kappa shape index (κ3) is 1.86. The highest BCUT2D eigenvalue weighted by Crippen LogP contribution is 2.64. The molecule has 3 fully saturated rings. The predicted octanol–water partition coefficient (Wildman–Crippen LogP) is 3.31. The molecule has 0 aromatic heterocycles. The van der Waals surface area contributed by atoms with Crippen LogP contribution in [-0.4, -0.2) is 23.3 Å². The maximum atomic E-state index is 12.4. The Morgan fingerprint density at radius 3 is 2.78 bits per heavy atom. The van der Waals surface area contributed by atoms with Crippen molar-refractivity contribution in [1.29, 1.82) is 0 Å². The number of Topliss-reactive ketones (excluding diaryl/α,β-unsaturated/α-hetero) is 2. The number of allylic oxidation sites excluding steroid dienone is 1. The lowest BCUT2D eigenvalue weighted by Gasteiger charge is -2.58. The van der Waals surface area contributed by atoms with E-state index in [-0.39, 0.29) is 23.4 Å². The van der Waals surface area contributed by atoms with Crippen molar-refractivity contribution in [2.24, 2.45) is 34.5 Å². The van der Waals surface area contributed by atoms with Gasteiger partial charge in [-0.2, -0.15) is 0 Å². The quantitative estimate of drug-likeness (QED) is 0.755. The molecule has 6 atom stereocenters. The van der Waals surface area contributed by atoms with Crippen LogP contribution in [0.2, 0.25) is 0 Å². The highest BCUT2D eigenvalue weighted by molar-refractivity contribution is 5.87. The first-order valence-corrected chi connectivity index (χ1v) is 9.29. The summed E-state index contributed by atoms with van der Waals surface area (Å²) in [7, 11) is 0. The summed E-state index contributed by atoms with van der Waals surface area (Å²) in [4.78, 5) is 24.5. The molecule has 3 saturated carbocycles. The van der Waals surface area contributed by atoms with Crippen LogP contribution in [-0.2, 0) is 9.59 Å². The van der Waals surface area contributed by atoms with Crippen LogP contribution in [0, 0.1) is 34.5 Å². The van der Waals surface area contributed by atoms with E-state index in [1.54, 1.807) is 0 Å². The minimum Gasteiger partial charge on any atom is -0.395 e. The van der Waals surface area contributed by atoms with Crippen molar-refractivity contribution in [2.45, 2.75) is 58.8 Å². The zero-order valence-corrected chi connectivity index (χ0v) is 14.3. The summed E-state index contributed by atoms with van der Waals surface area (Å²) in [6.07, 6.45) is 8.15. The van der Waals surface area contributed by atoms with E-state index in [1.165, 1.54) is 5.57 Å². The molecule has 0 aromatic carbocycles. The molecular weight excluding hydrogens is 288 g/mol. The normalized spacial score (nSPS) is 49.3. The Morgan fingerprint density at radius 1 is 1.26 bits per heavy atom. The van der Waals surface area contributed by atoms with Gasteiger partial charge in [0.05, 0.1) is 6.61 Å². The Kier molecular flexibility index (Phi) is 3.39. The molecule has 0 heterocycles. The number of carbonyl (C=O) groups is 2. The van der Waals surface area contributed by atoms with Crippen molar-refractivity contribution in [1.82, 2.24) is 0 Å². The van der Waals surface area contributed by atoms with Gasteiger partial charge in [0.2, 0.25) is 0 Å². The lowest BCUT2D eigenvalue weighted by atomic mass is 9.45. The van der Waals surface area contributed by atoms with Crippen molar-refractivity contribution in [3.63, 3.8) is 0 Å². The van der Waals surface area contributed by atoms with Crippen LogP contribution in [0.5, 0.6) is 0 Å². The third-order valence-electron chi connectivity index (χ3n) is 8.10. The molecule has 1 N–H and O–H groups in total. The second-order valence-corrected chi connectivity index (χ2v) is 8.78. The average molecular weight is 316 g/mol. The van der Waals surface area contributed by atoms with Crippen LogP contribution in [0.4, 0.5) is 0 Å². The molecular formula is C20H28O3. The molecule has 3 nitrogen and oxygen atoms in total. The van der Waals surface area contributed by atoms with Gasteiger partial charge in [0, 0.05) is 30.1 Å². The summed E-state index contributed by atoms with van der Waals surface area (Å²) in [6.45, 7) is 4.49. The summed E-state index contributed by atoms with van der Waals surface area (Å²) < 4.78 is 0. The van der Waals surface area contributed by atoms with Crippen molar-refractivity contribution < 1.29 is 14.7 Å². The fraction of sp³-hybridized carbons (Fsp3) is 0.800. The Balaban J connectivity index is 1.77. The molecule has 0 bridgehead atoms. The van der Waals surface area contributed by atoms with E-state index in [0.717, 1.165) is 32.1 Å². The molecule has 0 aliphatic heterocycles. The molecule has 3 heteroatoms. The summed E-state index contributed by atoms with van der Waals surface area (Å²) in [6, 6.07) is 0. The smallest absolute Gasteiger partial charge is 0.139 e. The van der Waals surface area contributed by atoms with Gasteiger partial charge in [-0.3, -0.25) is 9.59 Å². The first-order valence-electron chi connectivity index (χ1n) is 9.29. The third-order valence-corrected chi connectivity index (χ3v) is 8.10. The lowest BCUT2D eigenvalue weighted by molar-refractivity contribution is -0.136. The first-order chi connectivity index (χ1) is 10.9. The zero-order chi connectivity index (χ0) is 16.4. The van der Waals surface area contributed by atoms with Crippen LogP contribution < -0.4 is 0 Å². The van der Waals surface area contributed by atoms with Crippen LogP contribution in [0.3, 0.4) is 0 Å². The molecule has 4 aliphatic rings. The lowest BCUT2D eigenvalue weighted by Crippen LogP contribution is -2.55. The number of carbonyl (C=O) groups excluding carboxylic acids is 2. The maximum Gasteiger partial charge on any atom is 0.139 e. The van der Waals surface area contributed by atoms with Gasteiger partial charge >= 0.3 is 0 Å².